The van der Waals surface area contributed by atoms with Crippen molar-refractivity contribution in [1.82, 2.24) is 4.57 Å². The standard InChI is InChI=1S/C16H20N2OS2/c1-11-10-18(12-7-6-8-13(9-12)20-5)15(21-11)17-14(19)16(2,3)4/h6-10H,1-5H3/b17-15-. The summed E-state index contributed by atoms with van der Waals surface area (Å²) < 4.78 is 1.99. The number of hydrogen-bond donors (Lipinski definition) is 0. The van der Waals surface area contributed by atoms with Crippen molar-refractivity contribution in [2.45, 2.75) is 32.6 Å². The molecule has 0 spiro atoms. The monoisotopic (exact) mass is 320 g/mol. The molecular weight excluding hydrogens is 300 g/mol. The highest BCUT2D eigenvalue weighted by molar-refractivity contribution is 7.98. The minimum absolute atomic E-state index is 0.0980. The number of amides is 1. The van der Waals surface area contributed by atoms with Gasteiger partial charge in [0.25, 0.3) is 5.91 Å². The van der Waals surface area contributed by atoms with Crippen LogP contribution in [0.4, 0.5) is 0 Å². The SMILES string of the molecule is CSc1cccc(-n2cc(C)s/c2=N\C(=O)C(C)(C)C)c1. The second-order valence-corrected chi connectivity index (χ2v) is 7.96. The summed E-state index contributed by atoms with van der Waals surface area (Å²) in [6.07, 6.45) is 4.08. The Morgan fingerprint density at radius 3 is 2.67 bits per heavy atom. The van der Waals surface area contributed by atoms with Crippen molar-refractivity contribution in [1.29, 1.82) is 0 Å². The number of thiazole rings is 1. The van der Waals surface area contributed by atoms with E-state index >= 15 is 0 Å². The van der Waals surface area contributed by atoms with Crippen LogP contribution in [0.1, 0.15) is 25.6 Å². The third-order valence-electron chi connectivity index (χ3n) is 2.94. The summed E-state index contributed by atoms with van der Waals surface area (Å²) in [5, 5.41) is 0. The van der Waals surface area contributed by atoms with Crippen LogP contribution < -0.4 is 4.80 Å². The number of carbonyl (C=O) groups excluding carboxylic acids is 1. The van der Waals surface area contributed by atoms with Crippen molar-refractivity contribution in [2.75, 3.05) is 6.26 Å². The van der Waals surface area contributed by atoms with E-state index in [1.54, 1.807) is 11.8 Å². The first kappa shape index (κ1) is 16.0. The van der Waals surface area contributed by atoms with Crippen LogP contribution in [0.3, 0.4) is 0 Å². The number of aryl methyl sites for hydroxylation is 1. The molecule has 1 aromatic carbocycles. The van der Waals surface area contributed by atoms with Crippen molar-refractivity contribution in [3.05, 3.63) is 40.1 Å². The van der Waals surface area contributed by atoms with E-state index in [4.69, 9.17) is 0 Å². The third kappa shape index (κ3) is 3.86. The largest absolute Gasteiger partial charge is 0.292 e. The molecule has 2 rings (SSSR count). The van der Waals surface area contributed by atoms with Gasteiger partial charge in [0.2, 0.25) is 0 Å². The van der Waals surface area contributed by atoms with Crippen LogP contribution in [-0.2, 0) is 4.79 Å². The Balaban J connectivity index is 2.56. The second kappa shape index (κ2) is 6.20. The molecule has 0 radical (unpaired) electrons. The molecule has 1 heterocycles. The molecule has 0 fully saturated rings. The number of benzene rings is 1. The molecule has 2 aromatic rings. The molecule has 0 atom stereocenters. The van der Waals surface area contributed by atoms with E-state index in [0.717, 1.165) is 15.4 Å². The quantitative estimate of drug-likeness (QED) is 0.783. The van der Waals surface area contributed by atoms with Gasteiger partial charge in [-0.2, -0.15) is 4.99 Å². The zero-order chi connectivity index (χ0) is 15.6. The van der Waals surface area contributed by atoms with E-state index in [9.17, 15) is 4.79 Å². The lowest BCUT2D eigenvalue weighted by atomic mass is 9.96. The number of aromatic nitrogens is 1. The first-order valence-corrected chi connectivity index (χ1v) is 8.78. The summed E-state index contributed by atoms with van der Waals surface area (Å²) in [6, 6.07) is 8.24. The second-order valence-electron chi connectivity index (χ2n) is 5.86. The zero-order valence-corrected chi connectivity index (χ0v) is 14.6. The molecule has 0 N–H and O–H groups in total. The van der Waals surface area contributed by atoms with Gasteiger partial charge >= 0.3 is 0 Å². The highest BCUT2D eigenvalue weighted by atomic mass is 32.2. The molecule has 0 aliphatic carbocycles. The molecule has 112 valence electrons. The lowest BCUT2D eigenvalue weighted by molar-refractivity contribution is -0.125. The van der Waals surface area contributed by atoms with Gasteiger partial charge in [-0.15, -0.1) is 23.1 Å². The van der Waals surface area contributed by atoms with Crippen LogP contribution in [0.5, 0.6) is 0 Å². The van der Waals surface area contributed by atoms with Crippen LogP contribution in [0.15, 0.2) is 40.4 Å². The van der Waals surface area contributed by atoms with Crippen molar-refractivity contribution >= 4 is 29.0 Å². The zero-order valence-electron chi connectivity index (χ0n) is 13.0. The maximum atomic E-state index is 12.2. The van der Waals surface area contributed by atoms with Crippen LogP contribution in [0.25, 0.3) is 5.69 Å². The van der Waals surface area contributed by atoms with E-state index < -0.39 is 5.41 Å². The molecule has 5 heteroatoms. The highest BCUT2D eigenvalue weighted by Gasteiger charge is 2.20. The molecular formula is C16H20N2OS2. The normalized spacial score (nSPS) is 12.7. The van der Waals surface area contributed by atoms with Gasteiger partial charge in [0.05, 0.1) is 0 Å². The Bertz CT molecular complexity index is 720. The molecule has 21 heavy (non-hydrogen) atoms. The van der Waals surface area contributed by atoms with Crippen molar-refractivity contribution < 1.29 is 4.79 Å². The highest BCUT2D eigenvalue weighted by Crippen LogP contribution is 2.19. The molecule has 0 saturated heterocycles. The van der Waals surface area contributed by atoms with Gasteiger partial charge in [-0.3, -0.25) is 9.36 Å². The smallest absolute Gasteiger partial charge is 0.253 e. The molecule has 1 aromatic heterocycles. The molecule has 0 aliphatic rings. The molecule has 0 saturated carbocycles. The Hall–Kier alpha value is -1.33. The first-order chi connectivity index (χ1) is 9.81. The number of carbonyl (C=O) groups is 1. The Kier molecular flexibility index (Phi) is 4.74. The lowest BCUT2D eigenvalue weighted by Crippen LogP contribution is -2.22. The van der Waals surface area contributed by atoms with E-state index in [1.165, 1.54) is 16.2 Å². The maximum Gasteiger partial charge on any atom is 0.253 e. The molecule has 0 aliphatic heterocycles. The Morgan fingerprint density at radius 2 is 2.05 bits per heavy atom. The van der Waals surface area contributed by atoms with Gasteiger partial charge in [0, 0.05) is 27.1 Å². The summed E-state index contributed by atoms with van der Waals surface area (Å²) in [5.41, 5.74) is 0.572. The number of hydrogen-bond acceptors (Lipinski definition) is 3. The molecule has 0 bridgehead atoms. The summed E-state index contributed by atoms with van der Waals surface area (Å²) in [6.45, 7) is 7.69. The fourth-order valence-corrected chi connectivity index (χ4v) is 3.02. The summed E-state index contributed by atoms with van der Waals surface area (Å²) in [5.74, 6) is -0.0980. The first-order valence-electron chi connectivity index (χ1n) is 6.74. The molecule has 0 unspecified atom stereocenters. The predicted octanol–water partition coefficient (Wildman–Crippen LogP) is 4.04. The van der Waals surface area contributed by atoms with Gasteiger partial charge in [-0.25, -0.2) is 0 Å². The van der Waals surface area contributed by atoms with Gasteiger partial charge in [-0.05, 0) is 31.4 Å². The van der Waals surface area contributed by atoms with Crippen LogP contribution in [0.2, 0.25) is 0 Å². The van der Waals surface area contributed by atoms with E-state index in [-0.39, 0.29) is 5.91 Å². The Morgan fingerprint density at radius 1 is 1.33 bits per heavy atom. The summed E-state index contributed by atoms with van der Waals surface area (Å²) >= 11 is 3.24. The summed E-state index contributed by atoms with van der Waals surface area (Å²) in [4.78, 5) is 19.5. The van der Waals surface area contributed by atoms with Gasteiger partial charge in [0.1, 0.15) is 0 Å². The topological polar surface area (TPSA) is 34.4 Å². The average Bonchev–Trinajstić information content (AvgIpc) is 2.78. The minimum atomic E-state index is -0.461. The number of thioether (sulfide) groups is 1. The van der Waals surface area contributed by atoms with E-state index in [2.05, 4.69) is 23.4 Å². The Labute approximate surface area is 133 Å². The maximum absolute atomic E-state index is 12.2. The van der Waals surface area contributed by atoms with Crippen molar-refractivity contribution in [3.8, 4) is 5.69 Å². The van der Waals surface area contributed by atoms with E-state index in [0.29, 0.717) is 0 Å². The van der Waals surface area contributed by atoms with Gasteiger partial charge < -0.3 is 0 Å². The fourth-order valence-electron chi connectivity index (χ4n) is 1.73. The van der Waals surface area contributed by atoms with Crippen molar-refractivity contribution in [2.24, 2.45) is 10.4 Å². The van der Waals surface area contributed by atoms with E-state index in [1.807, 2.05) is 50.6 Å². The van der Waals surface area contributed by atoms with Crippen LogP contribution in [0, 0.1) is 12.3 Å². The number of rotatable bonds is 2. The van der Waals surface area contributed by atoms with Crippen molar-refractivity contribution in [3.63, 3.8) is 0 Å². The predicted molar refractivity (Wildman–Crippen MR) is 90.2 cm³/mol. The molecule has 3 nitrogen and oxygen atoms in total. The average molecular weight is 320 g/mol. The van der Waals surface area contributed by atoms with Gasteiger partial charge in [-0.1, -0.05) is 26.8 Å². The lowest BCUT2D eigenvalue weighted by Gasteiger charge is -2.12. The minimum Gasteiger partial charge on any atom is -0.292 e. The summed E-state index contributed by atoms with van der Waals surface area (Å²) in [7, 11) is 0. The number of nitrogens with zero attached hydrogens (tertiary/aromatic N) is 2. The fraction of sp³-hybridized carbons (Fsp3) is 0.375. The molecule has 1 amide bonds. The third-order valence-corrected chi connectivity index (χ3v) is 4.56. The van der Waals surface area contributed by atoms with Crippen LogP contribution >= 0.6 is 23.1 Å². The van der Waals surface area contributed by atoms with Crippen LogP contribution in [-0.4, -0.2) is 16.7 Å². The van der Waals surface area contributed by atoms with Gasteiger partial charge in [0.15, 0.2) is 4.80 Å².